The van der Waals surface area contributed by atoms with Crippen LogP contribution in [0.15, 0.2) is 30.4 Å². The van der Waals surface area contributed by atoms with Gasteiger partial charge in [0, 0.05) is 10.6 Å². The van der Waals surface area contributed by atoms with Crippen LogP contribution in [-0.4, -0.2) is 5.91 Å². The van der Waals surface area contributed by atoms with Crippen LogP contribution in [-0.2, 0) is 5.54 Å². The van der Waals surface area contributed by atoms with Crippen molar-refractivity contribution in [2.75, 3.05) is 0 Å². The number of halogens is 1. The molecule has 0 spiro atoms. The van der Waals surface area contributed by atoms with Crippen molar-refractivity contribution in [1.82, 2.24) is 5.32 Å². The van der Waals surface area contributed by atoms with Gasteiger partial charge in [-0.25, -0.2) is 0 Å². The Labute approximate surface area is 93.9 Å². The normalized spacial score (nSPS) is 23.5. The fourth-order valence-corrected chi connectivity index (χ4v) is 2.00. The maximum absolute atomic E-state index is 11.7. The lowest BCUT2D eigenvalue weighted by molar-refractivity contribution is 0.0944. The Morgan fingerprint density at radius 3 is 2.80 bits per heavy atom. The number of carbonyl (C=O) groups is 1. The van der Waals surface area contributed by atoms with E-state index in [-0.39, 0.29) is 5.91 Å². The summed E-state index contributed by atoms with van der Waals surface area (Å²) in [5.41, 5.74) is 2.01. The second-order valence-electron chi connectivity index (χ2n) is 4.05. The van der Waals surface area contributed by atoms with Crippen LogP contribution in [0.2, 0.25) is 5.02 Å². The predicted octanol–water partition coefficient (Wildman–Crippen LogP) is 2.87. The van der Waals surface area contributed by atoms with E-state index in [1.807, 2.05) is 19.9 Å². The molecule has 15 heavy (non-hydrogen) atoms. The van der Waals surface area contributed by atoms with Gasteiger partial charge in [-0.1, -0.05) is 23.8 Å². The highest BCUT2D eigenvalue weighted by molar-refractivity contribution is 6.30. The van der Waals surface area contributed by atoms with Crippen molar-refractivity contribution in [3.05, 3.63) is 46.5 Å². The Morgan fingerprint density at radius 2 is 2.20 bits per heavy atom. The molecule has 2 nitrogen and oxygen atoms in total. The fourth-order valence-electron chi connectivity index (χ4n) is 1.83. The molecule has 0 radical (unpaired) electrons. The molecule has 0 aromatic heterocycles. The van der Waals surface area contributed by atoms with Gasteiger partial charge in [-0.2, -0.15) is 0 Å². The van der Waals surface area contributed by atoms with Gasteiger partial charge in [0.15, 0.2) is 0 Å². The van der Waals surface area contributed by atoms with E-state index in [0.717, 1.165) is 11.1 Å². The Bertz CT molecular complexity index is 467. The highest BCUT2D eigenvalue weighted by Crippen LogP contribution is 2.37. The quantitative estimate of drug-likeness (QED) is 0.726. The van der Waals surface area contributed by atoms with Gasteiger partial charge in [-0.05, 0) is 37.6 Å². The first-order valence-corrected chi connectivity index (χ1v) is 5.11. The molecule has 0 bridgehead atoms. The number of fused-ring (bicyclic) bond motifs is 1. The molecule has 1 heterocycles. The van der Waals surface area contributed by atoms with Gasteiger partial charge < -0.3 is 5.32 Å². The third-order valence-corrected chi connectivity index (χ3v) is 3.22. The first-order chi connectivity index (χ1) is 6.95. The van der Waals surface area contributed by atoms with E-state index in [9.17, 15) is 4.79 Å². The van der Waals surface area contributed by atoms with Crippen molar-refractivity contribution >= 4 is 17.5 Å². The molecule has 1 N–H and O–H groups in total. The molecule has 0 saturated heterocycles. The number of hydrogen-bond donors (Lipinski definition) is 1. The van der Waals surface area contributed by atoms with Gasteiger partial charge in [0.25, 0.3) is 5.91 Å². The zero-order valence-electron chi connectivity index (χ0n) is 8.73. The summed E-state index contributed by atoms with van der Waals surface area (Å²) in [5, 5.41) is 3.56. The zero-order valence-corrected chi connectivity index (χ0v) is 9.48. The lowest BCUT2D eigenvalue weighted by Crippen LogP contribution is -2.36. The standard InChI is InChI=1S/C12H12ClNO/c1-7(2)12(3)10-6-8(13)4-5-9(10)11(15)14-12/h4-6H,1H2,2-3H3,(H,14,15). The molecule has 1 aromatic carbocycles. The molecule has 0 saturated carbocycles. The predicted molar refractivity (Wildman–Crippen MR) is 61.1 cm³/mol. The molecular formula is C12H12ClNO. The summed E-state index contributed by atoms with van der Waals surface area (Å²) in [6.45, 7) is 7.75. The summed E-state index contributed by atoms with van der Waals surface area (Å²) >= 11 is 5.93. The van der Waals surface area contributed by atoms with E-state index >= 15 is 0 Å². The van der Waals surface area contributed by atoms with E-state index in [4.69, 9.17) is 11.6 Å². The fraction of sp³-hybridized carbons (Fsp3) is 0.250. The minimum Gasteiger partial charge on any atom is -0.339 e. The van der Waals surface area contributed by atoms with Crippen LogP contribution in [0.1, 0.15) is 29.8 Å². The molecule has 0 fully saturated rings. The minimum atomic E-state index is -0.489. The molecule has 1 unspecified atom stereocenters. The van der Waals surface area contributed by atoms with Crippen molar-refractivity contribution < 1.29 is 4.79 Å². The van der Waals surface area contributed by atoms with E-state index in [1.54, 1.807) is 12.1 Å². The number of hydrogen-bond acceptors (Lipinski definition) is 1. The van der Waals surface area contributed by atoms with Crippen LogP contribution in [0.5, 0.6) is 0 Å². The molecule has 1 aliphatic heterocycles. The molecule has 1 aromatic rings. The third-order valence-electron chi connectivity index (χ3n) is 2.98. The first kappa shape index (κ1) is 10.2. The van der Waals surface area contributed by atoms with Crippen LogP contribution in [0.4, 0.5) is 0 Å². The summed E-state index contributed by atoms with van der Waals surface area (Å²) in [6.07, 6.45) is 0. The van der Waals surface area contributed by atoms with E-state index in [2.05, 4.69) is 11.9 Å². The minimum absolute atomic E-state index is 0.0628. The average molecular weight is 222 g/mol. The molecule has 1 atom stereocenters. The van der Waals surface area contributed by atoms with E-state index in [0.29, 0.717) is 10.6 Å². The van der Waals surface area contributed by atoms with Crippen LogP contribution in [0.3, 0.4) is 0 Å². The highest BCUT2D eigenvalue weighted by atomic mass is 35.5. The number of carbonyl (C=O) groups excluding carboxylic acids is 1. The molecular weight excluding hydrogens is 210 g/mol. The smallest absolute Gasteiger partial charge is 0.252 e. The Morgan fingerprint density at radius 1 is 1.53 bits per heavy atom. The lowest BCUT2D eigenvalue weighted by Gasteiger charge is -2.26. The second kappa shape index (κ2) is 3.11. The number of rotatable bonds is 1. The van der Waals surface area contributed by atoms with Gasteiger partial charge in [0.05, 0.1) is 5.54 Å². The summed E-state index contributed by atoms with van der Waals surface area (Å²) in [6, 6.07) is 5.30. The van der Waals surface area contributed by atoms with Crippen LogP contribution < -0.4 is 5.32 Å². The average Bonchev–Trinajstić information content (AvgIpc) is 2.40. The summed E-state index contributed by atoms with van der Waals surface area (Å²) in [5.74, 6) is -0.0628. The molecule has 78 valence electrons. The molecule has 0 aliphatic carbocycles. The molecule has 1 amide bonds. The highest BCUT2D eigenvalue weighted by Gasteiger charge is 2.39. The number of amides is 1. The van der Waals surface area contributed by atoms with E-state index < -0.39 is 5.54 Å². The summed E-state index contributed by atoms with van der Waals surface area (Å²) < 4.78 is 0. The Hall–Kier alpha value is -1.28. The van der Waals surface area contributed by atoms with Crippen molar-refractivity contribution in [3.8, 4) is 0 Å². The maximum Gasteiger partial charge on any atom is 0.252 e. The van der Waals surface area contributed by atoms with Crippen LogP contribution in [0.25, 0.3) is 0 Å². The van der Waals surface area contributed by atoms with Gasteiger partial charge in [-0.3, -0.25) is 4.79 Å². The zero-order chi connectivity index (χ0) is 11.2. The SMILES string of the molecule is C=C(C)C1(C)NC(=O)c2ccc(Cl)cc21. The maximum atomic E-state index is 11.7. The summed E-state index contributed by atoms with van der Waals surface area (Å²) in [7, 11) is 0. The van der Waals surface area contributed by atoms with Crippen molar-refractivity contribution in [3.63, 3.8) is 0 Å². The third kappa shape index (κ3) is 1.37. The molecule has 2 rings (SSSR count). The number of benzene rings is 1. The van der Waals surface area contributed by atoms with Crippen molar-refractivity contribution in [2.45, 2.75) is 19.4 Å². The second-order valence-corrected chi connectivity index (χ2v) is 4.49. The Kier molecular flexibility index (Phi) is 2.12. The van der Waals surface area contributed by atoms with Crippen LogP contribution >= 0.6 is 11.6 Å². The summed E-state index contributed by atoms with van der Waals surface area (Å²) in [4.78, 5) is 11.7. The monoisotopic (exact) mass is 221 g/mol. The van der Waals surface area contributed by atoms with Crippen molar-refractivity contribution in [1.29, 1.82) is 0 Å². The molecule has 3 heteroatoms. The Balaban J connectivity index is 2.68. The largest absolute Gasteiger partial charge is 0.339 e. The first-order valence-electron chi connectivity index (χ1n) is 4.73. The topological polar surface area (TPSA) is 29.1 Å². The van der Waals surface area contributed by atoms with Crippen LogP contribution in [0, 0.1) is 0 Å². The number of nitrogens with one attached hydrogen (secondary N) is 1. The van der Waals surface area contributed by atoms with Gasteiger partial charge in [0.1, 0.15) is 0 Å². The lowest BCUT2D eigenvalue weighted by atomic mass is 9.87. The van der Waals surface area contributed by atoms with Gasteiger partial charge >= 0.3 is 0 Å². The van der Waals surface area contributed by atoms with Gasteiger partial charge in [-0.15, -0.1) is 0 Å². The van der Waals surface area contributed by atoms with Gasteiger partial charge in [0.2, 0.25) is 0 Å². The van der Waals surface area contributed by atoms with E-state index in [1.165, 1.54) is 0 Å². The van der Waals surface area contributed by atoms with Crippen molar-refractivity contribution in [2.24, 2.45) is 0 Å². The molecule has 1 aliphatic rings.